The zero-order chi connectivity index (χ0) is 19.3. The van der Waals surface area contributed by atoms with Gasteiger partial charge < -0.3 is 10.0 Å². The number of aliphatic carboxylic acids is 1. The first-order valence-electron chi connectivity index (χ1n) is 9.43. The topological polar surface area (TPSA) is 60.9 Å². The monoisotopic (exact) mass is 366 g/mol. The number of amides is 1. The summed E-state index contributed by atoms with van der Waals surface area (Å²) < 4.78 is 0. The van der Waals surface area contributed by atoms with Crippen LogP contribution in [-0.4, -0.2) is 48.1 Å². The van der Waals surface area contributed by atoms with E-state index in [-0.39, 0.29) is 5.91 Å². The molecule has 1 fully saturated rings. The van der Waals surface area contributed by atoms with E-state index in [1.54, 1.807) is 4.90 Å². The Labute approximate surface area is 160 Å². The minimum atomic E-state index is -0.856. The van der Waals surface area contributed by atoms with E-state index in [0.717, 1.165) is 11.3 Å². The first kappa shape index (κ1) is 19.1. The zero-order valence-corrected chi connectivity index (χ0v) is 15.7. The molecule has 1 heterocycles. The molecule has 3 rings (SSSR count). The molecule has 142 valence electrons. The zero-order valence-electron chi connectivity index (χ0n) is 15.7. The van der Waals surface area contributed by atoms with Gasteiger partial charge in [-0.25, -0.2) is 0 Å². The number of carbonyl (C=O) groups is 2. The van der Waals surface area contributed by atoms with E-state index in [9.17, 15) is 14.7 Å². The van der Waals surface area contributed by atoms with Crippen LogP contribution in [0.25, 0.3) is 0 Å². The fraction of sp³-hybridized carbons (Fsp3) is 0.364. The number of nitrogens with zero attached hydrogens (tertiary/aromatic N) is 2. The first-order chi connectivity index (χ1) is 13.1. The van der Waals surface area contributed by atoms with Gasteiger partial charge in [0.25, 0.3) is 0 Å². The van der Waals surface area contributed by atoms with Gasteiger partial charge in [0.2, 0.25) is 5.91 Å². The molecule has 1 N–H and O–H groups in total. The van der Waals surface area contributed by atoms with Gasteiger partial charge in [0.1, 0.15) is 0 Å². The summed E-state index contributed by atoms with van der Waals surface area (Å²) >= 11 is 0. The molecular formula is C22H26N2O3. The number of anilines is 1. The van der Waals surface area contributed by atoms with Gasteiger partial charge >= 0.3 is 5.97 Å². The van der Waals surface area contributed by atoms with E-state index in [4.69, 9.17) is 0 Å². The maximum atomic E-state index is 12.8. The Kier molecular flexibility index (Phi) is 5.91. The number of carbonyl (C=O) groups excluding carboxylic acids is 1. The maximum Gasteiger partial charge on any atom is 0.314 e. The average molecular weight is 366 g/mol. The molecule has 1 amide bonds. The molecule has 27 heavy (non-hydrogen) atoms. The Hall–Kier alpha value is -2.66. The first-order valence-corrected chi connectivity index (χ1v) is 9.43. The van der Waals surface area contributed by atoms with Gasteiger partial charge in [0, 0.05) is 25.3 Å². The molecular weight excluding hydrogens is 340 g/mol. The van der Waals surface area contributed by atoms with Crippen molar-refractivity contribution in [2.24, 2.45) is 0 Å². The molecule has 2 aromatic carbocycles. The van der Waals surface area contributed by atoms with Crippen LogP contribution in [0.4, 0.5) is 5.69 Å². The number of hydrogen-bond acceptors (Lipinski definition) is 3. The number of likely N-dealkylation sites (N-methyl/N-ethyl adjacent to an activating group) is 1. The third-order valence-electron chi connectivity index (χ3n) is 5.49. The Morgan fingerprint density at radius 2 is 1.56 bits per heavy atom. The number of para-hydroxylation sites is 1. The van der Waals surface area contributed by atoms with Crippen LogP contribution in [0.3, 0.4) is 0 Å². The summed E-state index contributed by atoms with van der Waals surface area (Å²) in [5, 5.41) is 9.89. The van der Waals surface area contributed by atoms with Crippen molar-refractivity contribution in [2.45, 2.75) is 25.2 Å². The highest BCUT2D eigenvalue weighted by Crippen LogP contribution is 2.35. The highest BCUT2D eigenvalue weighted by molar-refractivity contribution is 5.94. The standard InChI is InChI=1S/C22H26N2O3/c1-2-24(19-11-7-4-8-12-19)20(25)17-23-15-13-22(14-16-23,21(26)27)18-9-5-3-6-10-18/h3-12H,2,13-17H2,1H3,(H,26,27). The minimum absolute atomic E-state index is 0.0474. The van der Waals surface area contributed by atoms with Crippen LogP contribution in [0.2, 0.25) is 0 Å². The fourth-order valence-electron chi connectivity index (χ4n) is 3.86. The fourth-order valence-corrected chi connectivity index (χ4v) is 3.86. The van der Waals surface area contributed by atoms with Gasteiger partial charge in [-0.1, -0.05) is 48.5 Å². The van der Waals surface area contributed by atoms with E-state index < -0.39 is 11.4 Å². The van der Waals surface area contributed by atoms with Crippen LogP contribution >= 0.6 is 0 Å². The van der Waals surface area contributed by atoms with Gasteiger partial charge in [-0.05, 0) is 37.5 Å². The third-order valence-corrected chi connectivity index (χ3v) is 5.49. The number of likely N-dealkylation sites (tertiary alicyclic amines) is 1. The van der Waals surface area contributed by atoms with Crippen molar-refractivity contribution in [3.05, 3.63) is 66.2 Å². The average Bonchev–Trinajstić information content (AvgIpc) is 2.70. The predicted octanol–water partition coefficient (Wildman–Crippen LogP) is 3.16. The molecule has 0 bridgehead atoms. The van der Waals surface area contributed by atoms with Crippen molar-refractivity contribution in [3.8, 4) is 0 Å². The number of carboxylic acids is 1. The highest BCUT2D eigenvalue weighted by atomic mass is 16.4. The molecule has 5 heteroatoms. The quantitative estimate of drug-likeness (QED) is 0.853. The van der Waals surface area contributed by atoms with Crippen molar-refractivity contribution in [1.29, 1.82) is 0 Å². The molecule has 0 radical (unpaired) electrons. The molecule has 0 aliphatic carbocycles. The molecule has 0 saturated carbocycles. The van der Waals surface area contributed by atoms with Crippen LogP contribution < -0.4 is 4.90 Å². The van der Waals surface area contributed by atoms with Crippen LogP contribution in [-0.2, 0) is 15.0 Å². The van der Waals surface area contributed by atoms with Gasteiger partial charge in [0.05, 0.1) is 12.0 Å². The second-order valence-corrected chi connectivity index (χ2v) is 7.00. The lowest BCUT2D eigenvalue weighted by Crippen LogP contribution is -2.50. The normalized spacial score (nSPS) is 16.6. The number of piperidine rings is 1. The van der Waals surface area contributed by atoms with Gasteiger partial charge in [-0.2, -0.15) is 0 Å². The lowest BCUT2D eigenvalue weighted by Gasteiger charge is -2.39. The minimum Gasteiger partial charge on any atom is -0.481 e. The van der Waals surface area contributed by atoms with Crippen LogP contribution in [0, 0.1) is 0 Å². The summed E-state index contributed by atoms with van der Waals surface area (Å²) in [4.78, 5) is 28.7. The maximum absolute atomic E-state index is 12.8. The summed E-state index contributed by atoms with van der Waals surface area (Å²) in [5.74, 6) is -0.731. The summed E-state index contributed by atoms with van der Waals surface area (Å²) in [7, 11) is 0. The van der Waals surface area contributed by atoms with Crippen LogP contribution in [0.5, 0.6) is 0 Å². The Bertz CT molecular complexity index is 769. The number of carboxylic acid groups (broad SMARTS) is 1. The largest absolute Gasteiger partial charge is 0.481 e. The molecule has 0 spiro atoms. The molecule has 0 aromatic heterocycles. The van der Waals surface area contributed by atoms with E-state index in [0.29, 0.717) is 39.0 Å². The van der Waals surface area contributed by atoms with Crippen molar-refractivity contribution < 1.29 is 14.7 Å². The Morgan fingerprint density at radius 3 is 2.07 bits per heavy atom. The van der Waals surface area contributed by atoms with E-state index in [2.05, 4.69) is 4.90 Å². The second kappa shape index (κ2) is 8.35. The van der Waals surface area contributed by atoms with Crippen LogP contribution in [0.15, 0.2) is 60.7 Å². The van der Waals surface area contributed by atoms with E-state index in [1.807, 2.05) is 67.6 Å². The van der Waals surface area contributed by atoms with Crippen molar-refractivity contribution in [3.63, 3.8) is 0 Å². The van der Waals surface area contributed by atoms with E-state index in [1.165, 1.54) is 0 Å². The number of rotatable bonds is 6. The summed E-state index contributed by atoms with van der Waals surface area (Å²) in [5.41, 5.74) is 0.888. The third kappa shape index (κ3) is 4.03. The molecule has 5 nitrogen and oxygen atoms in total. The summed E-state index contributed by atoms with van der Waals surface area (Å²) in [6.45, 7) is 4.08. The molecule has 0 unspecified atom stereocenters. The van der Waals surface area contributed by atoms with E-state index >= 15 is 0 Å². The Morgan fingerprint density at radius 1 is 1.00 bits per heavy atom. The lowest BCUT2D eigenvalue weighted by atomic mass is 9.73. The molecule has 1 aliphatic rings. The highest BCUT2D eigenvalue weighted by Gasteiger charge is 2.43. The lowest BCUT2D eigenvalue weighted by molar-refractivity contribution is -0.146. The van der Waals surface area contributed by atoms with Gasteiger partial charge in [-0.3, -0.25) is 14.5 Å². The summed E-state index contributed by atoms with van der Waals surface area (Å²) in [6.07, 6.45) is 1.02. The SMILES string of the molecule is CCN(C(=O)CN1CCC(C(=O)O)(c2ccccc2)CC1)c1ccccc1. The molecule has 1 aliphatic heterocycles. The van der Waals surface area contributed by atoms with Gasteiger partial charge in [-0.15, -0.1) is 0 Å². The molecule has 0 atom stereocenters. The van der Waals surface area contributed by atoms with Crippen LogP contribution in [0.1, 0.15) is 25.3 Å². The smallest absolute Gasteiger partial charge is 0.314 e. The van der Waals surface area contributed by atoms with Crippen molar-refractivity contribution in [2.75, 3.05) is 31.1 Å². The van der Waals surface area contributed by atoms with Crippen molar-refractivity contribution in [1.82, 2.24) is 4.90 Å². The number of hydrogen-bond donors (Lipinski definition) is 1. The molecule has 1 saturated heterocycles. The molecule has 2 aromatic rings. The van der Waals surface area contributed by atoms with Crippen molar-refractivity contribution >= 4 is 17.6 Å². The predicted molar refractivity (Wildman–Crippen MR) is 106 cm³/mol. The number of benzene rings is 2. The van der Waals surface area contributed by atoms with Gasteiger partial charge in [0.15, 0.2) is 0 Å². The Balaban J connectivity index is 1.66. The summed E-state index contributed by atoms with van der Waals surface area (Å²) in [6, 6.07) is 19.1. The second-order valence-electron chi connectivity index (χ2n) is 7.00.